The molecule has 13 nitrogen and oxygen atoms in total. The Labute approximate surface area is 162 Å². The summed E-state index contributed by atoms with van der Waals surface area (Å²) < 4.78 is 6.62. The zero-order chi connectivity index (χ0) is 20.8. The van der Waals surface area contributed by atoms with Gasteiger partial charge in [0.25, 0.3) is 5.69 Å². The minimum Gasteiger partial charge on any atom is -0.497 e. The molecule has 0 unspecified atom stereocenters. The summed E-state index contributed by atoms with van der Waals surface area (Å²) in [5.74, 6) is 1.18. The van der Waals surface area contributed by atoms with Crippen LogP contribution >= 0.6 is 0 Å². The maximum Gasteiger partial charge on any atom is 0.301 e. The van der Waals surface area contributed by atoms with Gasteiger partial charge in [0.05, 0.1) is 28.7 Å². The molecule has 3 rings (SSSR count). The Hall–Kier alpha value is -4.42. The van der Waals surface area contributed by atoms with Crippen molar-refractivity contribution in [3.05, 3.63) is 68.5 Å². The molecule has 1 N–H and O–H groups in total. The highest BCUT2D eigenvalue weighted by atomic mass is 16.6. The molecule has 29 heavy (non-hydrogen) atoms. The molecular weight excluding hydrogens is 384 g/mol. The van der Waals surface area contributed by atoms with Crippen molar-refractivity contribution in [1.29, 1.82) is 0 Å². The van der Waals surface area contributed by atoms with Gasteiger partial charge in [-0.25, -0.2) is 0 Å². The van der Waals surface area contributed by atoms with Crippen molar-refractivity contribution in [2.75, 3.05) is 12.5 Å². The SMILES string of the molecule is COc1ccc(-n2nnnc2C/C=N\Nc2ccc([N+](=O)[O-])cc2[N+](=O)[O-])cc1. The minimum absolute atomic E-state index is 0.0200. The lowest BCUT2D eigenvalue weighted by atomic mass is 10.2. The number of nitrogens with zero attached hydrogens (tertiary/aromatic N) is 7. The number of benzene rings is 2. The lowest BCUT2D eigenvalue weighted by molar-refractivity contribution is -0.393. The van der Waals surface area contributed by atoms with Crippen molar-refractivity contribution >= 4 is 23.3 Å². The number of nitro benzene ring substituents is 2. The second kappa shape index (κ2) is 8.51. The number of hydrazone groups is 1. The Morgan fingerprint density at radius 2 is 1.93 bits per heavy atom. The predicted molar refractivity (Wildman–Crippen MR) is 101 cm³/mol. The Morgan fingerprint density at radius 3 is 2.59 bits per heavy atom. The van der Waals surface area contributed by atoms with E-state index in [1.165, 1.54) is 17.0 Å². The second-order valence-electron chi connectivity index (χ2n) is 5.55. The molecule has 0 saturated carbocycles. The average Bonchev–Trinajstić information content (AvgIpc) is 3.19. The Bertz CT molecular complexity index is 1060. The molecule has 0 bridgehead atoms. The maximum absolute atomic E-state index is 11.1. The van der Waals surface area contributed by atoms with E-state index >= 15 is 0 Å². The first-order chi connectivity index (χ1) is 14.0. The molecular formula is C16H14N8O5. The fourth-order valence-electron chi connectivity index (χ4n) is 2.38. The topological polar surface area (TPSA) is 164 Å². The third-order valence-corrected chi connectivity index (χ3v) is 3.79. The molecule has 13 heteroatoms. The van der Waals surface area contributed by atoms with Crippen molar-refractivity contribution in [3.8, 4) is 11.4 Å². The van der Waals surface area contributed by atoms with E-state index in [4.69, 9.17) is 4.74 Å². The lowest BCUT2D eigenvalue weighted by Crippen LogP contribution is -2.05. The van der Waals surface area contributed by atoms with E-state index in [1.54, 1.807) is 31.4 Å². The van der Waals surface area contributed by atoms with Crippen LogP contribution in [0, 0.1) is 20.2 Å². The Morgan fingerprint density at radius 1 is 1.17 bits per heavy atom. The average molecular weight is 398 g/mol. The summed E-state index contributed by atoms with van der Waals surface area (Å²) in [6, 6.07) is 10.3. The quantitative estimate of drug-likeness (QED) is 0.340. The summed E-state index contributed by atoms with van der Waals surface area (Å²) in [6.07, 6.45) is 1.66. The Kier molecular flexibility index (Phi) is 5.68. The third kappa shape index (κ3) is 4.47. The van der Waals surface area contributed by atoms with Gasteiger partial charge in [0.15, 0.2) is 5.82 Å². The van der Waals surface area contributed by atoms with Gasteiger partial charge in [-0.2, -0.15) is 9.78 Å². The van der Waals surface area contributed by atoms with Crippen LogP contribution in [0.5, 0.6) is 5.75 Å². The largest absolute Gasteiger partial charge is 0.497 e. The van der Waals surface area contributed by atoms with E-state index in [9.17, 15) is 20.2 Å². The van der Waals surface area contributed by atoms with Crippen LogP contribution in [0.15, 0.2) is 47.6 Å². The number of methoxy groups -OCH3 is 1. The fourth-order valence-corrected chi connectivity index (χ4v) is 2.38. The number of anilines is 1. The normalized spacial score (nSPS) is 10.8. The number of hydrogen-bond acceptors (Lipinski definition) is 10. The summed E-state index contributed by atoms with van der Waals surface area (Å²) in [7, 11) is 1.57. The number of aromatic nitrogens is 4. The molecule has 0 atom stereocenters. The summed E-state index contributed by atoms with van der Waals surface area (Å²) in [6.45, 7) is 0. The molecule has 3 aromatic rings. The summed E-state index contributed by atoms with van der Waals surface area (Å²) >= 11 is 0. The highest BCUT2D eigenvalue weighted by Gasteiger charge is 2.19. The number of nitrogens with one attached hydrogen (secondary N) is 1. The number of tetrazole rings is 1. The van der Waals surface area contributed by atoms with Gasteiger partial charge in [0, 0.05) is 18.7 Å². The van der Waals surface area contributed by atoms with E-state index in [-0.39, 0.29) is 17.8 Å². The third-order valence-electron chi connectivity index (χ3n) is 3.79. The zero-order valence-electron chi connectivity index (χ0n) is 15.0. The first-order valence-corrected chi connectivity index (χ1v) is 8.11. The van der Waals surface area contributed by atoms with Crippen LogP contribution < -0.4 is 10.2 Å². The number of nitro groups is 2. The molecule has 1 heterocycles. The minimum atomic E-state index is -0.727. The molecule has 0 fully saturated rings. The number of hydrogen-bond donors (Lipinski definition) is 1. The smallest absolute Gasteiger partial charge is 0.301 e. The van der Waals surface area contributed by atoms with Gasteiger partial charge in [-0.3, -0.25) is 25.7 Å². The molecule has 2 aromatic carbocycles. The summed E-state index contributed by atoms with van der Waals surface area (Å²) in [5, 5.41) is 37.3. The number of non-ortho nitro benzene ring substituents is 1. The summed E-state index contributed by atoms with van der Waals surface area (Å²) in [5.41, 5.74) is 2.41. The van der Waals surface area contributed by atoms with Crippen LogP contribution in [0.1, 0.15) is 5.82 Å². The van der Waals surface area contributed by atoms with Gasteiger partial charge in [-0.15, -0.1) is 5.10 Å². The van der Waals surface area contributed by atoms with E-state index in [1.807, 2.05) is 0 Å². The van der Waals surface area contributed by atoms with Gasteiger partial charge in [-0.05, 0) is 40.8 Å². The van der Waals surface area contributed by atoms with Gasteiger partial charge in [0.2, 0.25) is 0 Å². The highest BCUT2D eigenvalue weighted by molar-refractivity contribution is 5.68. The van der Waals surface area contributed by atoms with Crippen LogP contribution in [0.25, 0.3) is 5.69 Å². The Balaban J connectivity index is 1.71. The standard InChI is InChI=1S/C16H14N8O5/c1-29-13-5-2-11(3-6-13)22-16(19-20-21-22)8-9-17-18-14-7-4-12(23(25)26)10-15(14)24(27)28/h2-7,9-10,18H,8H2,1H3/b17-9-. The first-order valence-electron chi connectivity index (χ1n) is 8.11. The molecule has 0 aliphatic heterocycles. The highest BCUT2D eigenvalue weighted by Crippen LogP contribution is 2.28. The van der Waals surface area contributed by atoms with Crippen molar-refractivity contribution in [2.24, 2.45) is 5.10 Å². The van der Waals surface area contributed by atoms with Crippen LogP contribution in [0.2, 0.25) is 0 Å². The number of rotatable bonds is 8. The van der Waals surface area contributed by atoms with Crippen LogP contribution in [-0.2, 0) is 6.42 Å². The molecule has 0 spiro atoms. The molecule has 148 valence electrons. The van der Waals surface area contributed by atoms with E-state index in [0.29, 0.717) is 11.6 Å². The second-order valence-corrected chi connectivity index (χ2v) is 5.55. The molecule has 0 saturated heterocycles. The van der Waals surface area contributed by atoms with E-state index < -0.39 is 15.5 Å². The molecule has 0 amide bonds. The van der Waals surface area contributed by atoms with Gasteiger partial charge < -0.3 is 4.74 Å². The van der Waals surface area contributed by atoms with Crippen LogP contribution in [-0.4, -0.2) is 43.4 Å². The molecule has 0 aliphatic rings. The molecule has 0 radical (unpaired) electrons. The molecule has 1 aromatic heterocycles. The van der Waals surface area contributed by atoms with Crippen molar-refractivity contribution in [2.45, 2.75) is 6.42 Å². The zero-order valence-corrected chi connectivity index (χ0v) is 15.0. The first kappa shape index (κ1) is 19.3. The van der Waals surface area contributed by atoms with Crippen LogP contribution in [0.3, 0.4) is 0 Å². The summed E-state index contributed by atoms with van der Waals surface area (Å²) in [4.78, 5) is 20.4. The van der Waals surface area contributed by atoms with Crippen molar-refractivity contribution in [3.63, 3.8) is 0 Å². The van der Waals surface area contributed by atoms with E-state index in [2.05, 4.69) is 26.1 Å². The van der Waals surface area contributed by atoms with E-state index in [0.717, 1.165) is 17.8 Å². The predicted octanol–water partition coefficient (Wildman–Crippen LogP) is 2.13. The maximum atomic E-state index is 11.1. The van der Waals surface area contributed by atoms with Crippen molar-refractivity contribution < 1.29 is 14.6 Å². The molecule has 0 aliphatic carbocycles. The fraction of sp³-hybridized carbons (Fsp3) is 0.125. The lowest BCUT2D eigenvalue weighted by Gasteiger charge is -2.04. The van der Waals surface area contributed by atoms with Gasteiger partial charge in [-0.1, -0.05) is 0 Å². The monoisotopic (exact) mass is 398 g/mol. The van der Waals surface area contributed by atoms with Gasteiger partial charge >= 0.3 is 5.69 Å². The van der Waals surface area contributed by atoms with Crippen LogP contribution in [0.4, 0.5) is 17.1 Å². The van der Waals surface area contributed by atoms with Crippen molar-refractivity contribution in [1.82, 2.24) is 20.2 Å². The van der Waals surface area contributed by atoms with Gasteiger partial charge in [0.1, 0.15) is 11.4 Å². The number of ether oxygens (including phenoxy) is 1.